The molecule has 0 unspecified atom stereocenters. The van der Waals surface area contributed by atoms with Gasteiger partial charge in [-0.05, 0) is 52.6 Å². The molecule has 0 amide bonds. The molecular formula is C28H24. The van der Waals surface area contributed by atoms with E-state index in [-0.39, 0.29) is 5.41 Å². The number of fused-ring (bicyclic) bond motifs is 2. The molecule has 0 N–H and O–H groups in total. The maximum Gasteiger partial charge on any atom is 0.0289 e. The molecule has 5 rings (SSSR count). The first kappa shape index (κ1) is 17.0. The molecule has 0 nitrogen and oxygen atoms in total. The van der Waals surface area contributed by atoms with Gasteiger partial charge in [0.15, 0.2) is 0 Å². The Balaban J connectivity index is 1.75. The van der Waals surface area contributed by atoms with Crippen LogP contribution < -0.4 is 0 Å². The van der Waals surface area contributed by atoms with Crippen molar-refractivity contribution in [1.82, 2.24) is 0 Å². The first-order chi connectivity index (χ1) is 13.9. The third kappa shape index (κ3) is 2.96. The molecule has 0 saturated carbocycles. The van der Waals surface area contributed by atoms with E-state index in [9.17, 15) is 0 Å². The van der Waals surface area contributed by atoms with Crippen LogP contribution in [-0.4, -0.2) is 0 Å². The highest BCUT2D eigenvalue weighted by atomic mass is 14.4. The van der Waals surface area contributed by atoms with E-state index in [4.69, 9.17) is 0 Å². The molecule has 0 heteroatoms. The van der Waals surface area contributed by atoms with Gasteiger partial charge >= 0.3 is 0 Å². The minimum Gasteiger partial charge on any atom is -0.0622 e. The third-order valence-electron chi connectivity index (χ3n) is 6.14. The highest BCUT2D eigenvalue weighted by Crippen LogP contribution is 2.46. The molecule has 4 aromatic carbocycles. The van der Waals surface area contributed by atoms with Crippen LogP contribution in [-0.2, 0) is 24.7 Å². The summed E-state index contributed by atoms with van der Waals surface area (Å²) in [6.07, 6.45) is 3.05. The van der Waals surface area contributed by atoms with Gasteiger partial charge in [-0.15, -0.1) is 0 Å². The molecule has 0 saturated heterocycles. The zero-order chi connectivity index (χ0) is 18.8. The second kappa shape index (κ2) is 7.13. The number of rotatable bonds is 4. The van der Waals surface area contributed by atoms with Crippen molar-refractivity contribution >= 4 is 0 Å². The fourth-order valence-electron chi connectivity index (χ4n) is 4.96. The predicted molar refractivity (Wildman–Crippen MR) is 117 cm³/mol. The fourth-order valence-corrected chi connectivity index (χ4v) is 4.96. The lowest BCUT2D eigenvalue weighted by atomic mass is 9.61. The Bertz CT molecular complexity index is 988. The molecule has 4 aromatic rings. The summed E-state index contributed by atoms with van der Waals surface area (Å²) in [4.78, 5) is 0. The zero-order valence-electron chi connectivity index (χ0n) is 16.0. The Morgan fingerprint density at radius 3 is 1.32 bits per heavy atom. The number of benzene rings is 4. The van der Waals surface area contributed by atoms with Crippen LogP contribution in [0, 0.1) is 0 Å². The van der Waals surface area contributed by atoms with Crippen LogP contribution in [0.2, 0.25) is 0 Å². The summed E-state index contributed by atoms with van der Waals surface area (Å²) in [5.74, 6) is 0. The van der Waals surface area contributed by atoms with Crippen molar-refractivity contribution in [2.75, 3.05) is 0 Å². The van der Waals surface area contributed by atoms with Gasteiger partial charge in [-0.25, -0.2) is 0 Å². The minimum atomic E-state index is -0.0475. The summed E-state index contributed by atoms with van der Waals surface area (Å²) in [6.45, 7) is 0. The van der Waals surface area contributed by atoms with E-state index in [1.54, 1.807) is 0 Å². The Morgan fingerprint density at radius 1 is 0.464 bits per heavy atom. The van der Waals surface area contributed by atoms with E-state index in [0.29, 0.717) is 0 Å². The minimum absolute atomic E-state index is 0.0475. The van der Waals surface area contributed by atoms with Crippen molar-refractivity contribution in [2.45, 2.75) is 24.7 Å². The van der Waals surface area contributed by atoms with E-state index in [0.717, 1.165) is 19.3 Å². The second-order valence-electron chi connectivity index (χ2n) is 7.90. The smallest absolute Gasteiger partial charge is 0.0289 e. The molecule has 0 aromatic heterocycles. The monoisotopic (exact) mass is 360 g/mol. The zero-order valence-corrected chi connectivity index (χ0v) is 16.0. The lowest BCUT2D eigenvalue weighted by molar-refractivity contribution is 0.489. The van der Waals surface area contributed by atoms with Gasteiger partial charge in [0.05, 0.1) is 0 Å². The quantitative estimate of drug-likeness (QED) is 0.397. The maximum atomic E-state index is 2.36. The van der Waals surface area contributed by atoms with Crippen LogP contribution in [0.1, 0.15) is 33.4 Å². The Morgan fingerprint density at radius 2 is 0.857 bits per heavy atom. The summed E-state index contributed by atoms with van der Waals surface area (Å²) in [5, 5.41) is 0. The average Bonchev–Trinajstić information content (AvgIpc) is 2.75. The van der Waals surface area contributed by atoms with Gasteiger partial charge in [-0.3, -0.25) is 0 Å². The van der Waals surface area contributed by atoms with E-state index < -0.39 is 0 Å². The van der Waals surface area contributed by atoms with Crippen LogP contribution in [0.15, 0.2) is 109 Å². The Hall–Kier alpha value is -3.12. The van der Waals surface area contributed by atoms with Crippen molar-refractivity contribution in [2.24, 2.45) is 0 Å². The standard InChI is InChI=1S/C28H24/c1-3-11-22(12-4-1)20-28(21-23-13-5-2-6-14-23)26-17-9-7-15-24(26)19-25-16-8-10-18-27(25)28/h1-18H,19-21H2. The lowest BCUT2D eigenvalue weighted by Gasteiger charge is -2.42. The van der Waals surface area contributed by atoms with Crippen LogP contribution in [0.4, 0.5) is 0 Å². The maximum absolute atomic E-state index is 2.36. The summed E-state index contributed by atoms with van der Waals surface area (Å²) in [6, 6.07) is 40.1. The van der Waals surface area contributed by atoms with E-state index in [1.165, 1.54) is 33.4 Å². The van der Waals surface area contributed by atoms with Crippen molar-refractivity contribution in [1.29, 1.82) is 0 Å². The summed E-state index contributed by atoms with van der Waals surface area (Å²) in [5.41, 5.74) is 8.65. The van der Waals surface area contributed by atoms with Gasteiger partial charge in [0.1, 0.15) is 0 Å². The molecule has 0 heterocycles. The van der Waals surface area contributed by atoms with Gasteiger partial charge in [0.2, 0.25) is 0 Å². The van der Waals surface area contributed by atoms with Gasteiger partial charge in [0.25, 0.3) is 0 Å². The summed E-state index contributed by atoms with van der Waals surface area (Å²) in [7, 11) is 0. The normalized spacial score (nSPS) is 14.1. The highest BCUT2D eigenvalue weighted by molar-refractivity contribution is 5.55. The van der Waals surface area contributed by atoms with Crippen molar-refractivity contribution in [3.63, 3.8) is 0 Å². The van der Waals surface area contributed by atoms with Gasteiger partial charge in [-0.2, -0.15) is 0 Å². The van der Waals surface area contributed by atoms with Crippen molar-refractivity contribution in [3.05, 3.63) is 143 Å². The first-order valence-corrected chi connectivity index (χ1v) is 10.1. The molecule has 0 fully saturated rings. The van der Waals surface area contributed by atoms with Crippen LogP contribution in [0.3, 0.4) is 0 Å². The SMILES string of the molecule is c1ccc(CC2(Cc3ccccc3)c3ccccc3Cc3ccccc32)cc1. The Labute approximate surface area is 167 Å². The second-order valence-corrected chi connectivity index (χ2v) is 7.90. The number of hydrogen-bond acceptors (Lipinski definition) is 0. The summed E-state index contributed by atoms with van der Waals surface area (Å²) >= 11 is 0. The van der Waals surface area contributed by atoms with E-state index in [2.05, 4.69) is 109 Å². The van der Waals surface area contributed by atoms with Crippen LogP contribution in [0.5, 0.6) is 0 Å². The van der Waals surface area contributed by atoms with Crippen LogP contribution >= 0.6 is 0 Å². The fraction of sp³-hybridized carbons (Fsp3) is 0.143. The van der Waals surface area contributed by atoms with E-state index in [1.807, 2.05) is 0 Å². The predicted octanol–water partition coefficient (Wildman–Crippen LogP) is 6.36. The van der Waals surface area contributed by atoms with Crippen molar-refractivity contribution < 1.29 is 0 Å². The van der Waals surface area contributed by atoms with Gasteiger partial charge < -0.3 is 0 Å². The largest absolute Gasteiger partial charge is 0.0622 e. The third-order valence-corrected chi connectivity index (χ3v) is 6.14. The average molecular weight is 361 g/mol. The van der Waals surface area contributed by atoms with Crippen molar-refractivity contribution in [3.8, 4) is 0 Å². The first-order valence-electron chi connectivity index (χ1n) is 10.1. The Kier molecular flexibility index (Phi) is 4.33. The molecule has 1 aliphatic carbocycles. The molecule has 1 aliphatic rings. The molecular weight excluding hydrogens is 336 g/mol. The van der Waals surface area contributed by atoms with Crippen LogP contribution in [0.25, 0.3) is 0 Å². The van der Waals surface area contributed by atoms with Gasteiger partial charge in [-0.1, -0.05) is 109 Å². The van der Waals surface area contributed by atoms with Gasteiger partial charge in [0, 0.05) is 5.41 Å². The molecule has 0 radical (unpaired) electrons. The summed E-state index contributed by atoms with van der Waals surface area (Å²) < 4.78 is 0. The number of hydrogen-bond donors (Lipinski definition) is 0. The molecule has 28 heavy (non-hydrogen) atoms. The van der Waals surface area contributed by atoms with E-state index >= 15 is 0 Å². The molecule has 0 bridgehead atoms. The highest BCUT2D eigenvalue weighted by Gasteiger charge is 2.40. The lowest BCUT2D eigenvalue weighted by Crippen LogP contribution is -2.38. The molecule has 0 aliphatic heterocycles. The molecule has 0 atom stereocenters. The topological polar surface area (TPSA) is 0 Å². The molecule has 136 valence electrons. The molecule has 0 spiro atoms.